The number of halogens is 5. The molecule has 3 aromatic rings. The summed E-state index contributed by atoms with van der Waals surface area (Å²) in [6.07, 6.45) is -4.67. The summed E-state index contributed by atoms with van der Waals surface area (Å²) in [6, 6.07) is 12.3. The monoisotopic (exact) mass is 535 g/mol. The molecule has 1 unspecified atom stereocenters. The highest BCUT2D eigenvalue weighted by molar-refractivity contribution is 6.51. The molecule has 1 fully saturated rings. The van der Waals surface area contributed by atoms with Crippen LogP contribution in [0.2, 0.25) is 10.0 Å². The maximum atomic E-state index is 13.4. The number of aliphatic hydroxyl groups excluding tert-OH is 1. The van der Waals surface area contributed by atoms with Crippen LogP contribution in [0.25, 0.3) is 5.76 Å². The average Bonchev–Trinajstić information content (AvgIpc) is 3.08. The third-order valence-electron chi connectivity index (χ3n) is 5.73. The lowest BCUT2D eigenvalue weighted by Crippen LogP contribution is -2.29. The highest BCUT2D eigenvalue weighted by atomic mass is 35.5. The molecule has 0 aliphatic carbocycles. The summed E-state index contributed by atoms with van der Waals surface area (Å²) in [5.41, 5.74) is -0.232. The fraction of sp³-hybridized carbons (Fsp3) is 0.154. The smallest absolute Gasteiger partial charge is 0.416 e. The molecule has 5 nitrogen and oxygen atoms in total. The predicted octanol–water partition coefficient (Wildman–Crippen LogP) is 6.96. The van der Waals surface area contributed by atoms with E-state index in [1.165, 1.54) is 25.3 Å². The molecule has 0 bridgehead atoms. The van der Waals surface area contributed by atoms with Crippen molar-refractivity contribution in [1.82, 2.24) is 0 Å². The zero-order valence-electron chi connectivity index (χ0n) is 18.9. The molecule has 1 atom stereocenters. The minimum Gasteiger partial charge on any atom is -0.507 e. The highest BCUT2D eigenvalue weighted by Gasteiger charge is 2.47. The second-order valence-corrected chi connectivity index (χ2v) is 8.92. The van der Waals surface area contributed by atoms with E-state index in [1.54, 1.807) is 31.2 Å². The van der Waals surface area contributed by atoms with Crippen molar-refractivity contribution in [3.8, 4) is 5.75 Å². The molecular weight excluding hydrogens is 518 g/mol. The number of amides is 1. The van der Waals surface area contributed by atoms with Gasteiger partial charge in [0.15, 0.2) is 5.75 Å². The second-order valence-electron chi connectivity index (χ2n) is 8.10. The Hall–Kier alpha value is -3.49. The third kappa shape index (κ3) is 4.54. The Labute approximate surface area is 214 Å². The Kier molecular flexibility index (Phi) is 6.77. The van der Waals surface area contributed by atoms with Crippen molar-refractivity contribution in [3.63, 3.8) is 0 Å². The molecule has 3 aromatic carbocycles. The highest BCUT2D eigenvalue weighted by Crippen LogP contribution is 2.44. The summed E-state index contributed by atoms with van der Waals surface area (Å²) in [6.45, 7) is 1.78. The molecule has 4 rings (SSSR count). The molecule has 1 aliphatic rings. The molecule has 0 spiro atoms. The molecule has 0 saturated carbocycles. The number of nitrogens with zero attached hydrogens (tertiary/aromatic N) is 1. The van der Waals surface area contributed by atoms with E-state index >= 15 is 0 Å². The maximum Gasteiger partial charge on any atom is 0.416 e. The number of rotatable bonds is 4. The number of aryl methyl sites for hydroxylation is 1. The van der Waals surface area contributed by atoms with Gasteiger partial charge in [0.05, 0.1) is 34.3 Å². The minimum atomic E-state index is -4.67. The summed E-state index contributed by atoms with van der Waals surface area (Å²) in [5.74, 6) is -2.59. The van der Waals surface area contributed by atoms with E-state index in [0.717, 1.165) is 28.7 Å². The quantitative estimate of drug-likeness (QED) is 0.223. The van der Waals surface area contributed by atoms with Gasteiger partial charge in [0.25, 0.3) is 11.7 Å². The van der Waals surface area contributed by atoms with Crippen LogP contribution in [0.3, 0.4) is 0 Å². The molecule has 0 aromatic heterocycles. The van der Waals surface area contributed by atoms with E-state index in [2.05, 4.69) is 0 Å². The lowest BCUT2D eigenvalue weighted by Gasteiger charge is -2.26. The zero-order valence-corrected chi connectivity index (χ0v) is 20.4. The minimum absolute atomic E-state index is 0.0329. The normalized spacial score (nSPS) is 17.5. The van der Waals surface area contributed by atoms with Gasteiger partial charge in [-0.25, -0.2) is 0 Å². The molecule has 0 radical (unpaired) electrons. The van der Waals surface area contributed by atoms with Gasteiger partial charge >= 0.3 is 6.18 Å². The fourth-order valence-electron chi connectivity index (χ4n) is 4.13. The lowest BCUT2D eigenvalue weighted by molar-refractivity contribution is -0.137. The zero-order chi connectivity index (χ0) is 26.4. The van der Waals surface area contributed by atoms with Gasteiger partial charge in [-0.15, -0.1) is 0 Å². The Morgan fingerprint density at radius 3 is 2.22 bits per heavy atom. The number of hydrogen-bond acceptors (Lipinski definition) is 4. The summed E-state index contributed by atoms with van der Waals surface area (Å²) >= 11 is 12.4. The Balaban J connectivity index is 1.97. The van der Waals surface area contributed by atoms with Crippen molar-refractivity contribution < 1.29 is 32.6 Å². The van der Waals surface area contributed by atoms with E-state index in [1.807, 2.05) is 0 Å². The first-order valence-corrected chi connectivity index (χ1v) is 11.3. The van der Waals surface area contributed by atoms with E-state index in [0.29, 0.717) is 5.56 Å². The van der Waals surface area contributed by atoms with E-state index in [9.17, 15) is 27.9 Å². The third-order valence-corrected chi connectivity index (χ3v) is 6.29. The van der Waals surface area contributed by atoms with Crippen LogP contribution in [0.1, 0.15) is 28.3 Å². The van der Waals surface area contributed by atoms with E-state index in [4.69, 9.17) is 27.9 Å². The summed E-state index contributed by atoms with van der Waals surface area (Å²) in [5, 5.41) is 11.3. The van der Waals surface area contributed by atoms with Gasteiger partial charge in [-0.05, 0) is 42.8 Å². The van der Waals surface area contributed by atoms with Crippen LogP contribution in [0.15, 0.2) is 66.2 Å². The number of benzene rings is 3. The van der Waals surface area contributed by atoms with E-state index < -0.39 is 35.2 Å². The maximum absolute atomic E-state index is 13.4. The molecular formula is C26H18Cl2F3NO4. The van der Waals surface area contributed by atoms with Crippen LogP contribution in [-0.2, 0) is 15.8 Å². The SMILES string of the molecule is COc1c(Cl)cc(/C(O)=C2\C(=O)C(=O)N(c3cccc(C(F)(F)F)c3)C2c2cccc(C)c2)cc1Cl. The Morgan fingerprint density at radius 1 is 1.00 bits per heavy atom. The molecule has 10 heteroatoms. The summed E-state index contributed by atoms with van der Waals surface area (Å²) in [7, 11) is 1.35. The molecule has 1 saturated heterocycles. The van der Waals surface area contributed by atoms with Crippen LogP contribution < -0.4 is 9.64 Å². The number of alkyl halides is 3. The number of ether oxygens (including phenoxy) is 1. The number of aliphatic hydroxyl groups is 1. The van der Waals surface area contributed by atoms with Crippen LogP contribution >= 0.6 is 23.2 Å². The standard InChI is InChI=1S/C26H18Cl2F3NO4/c1-13-5-3-6-14(9-13)21-20(22(33)15-10-18(27)24(36-2)19(28)11-15)23(34)25(35)32(21)17-8-4-7-16(12-17)26(29,30)31/h3-12,21,33H,1-2H3/b22-20+. The molecule has 186 valence electrons. The van der Waals surface area contributed by atoms with Gasteiger partial charge in [-0.2, -0.15) is 13.2 Å². The van der Waals surface area contributed by atoms with Crippen molar-refractivity contribution >= 4 is 46.3 Å². The van der Waals surface area contributed by atoms with Crippen molar-refractivity contribution in [1.29, 1.82) is 0 Å². The molecule has 36 heavy (non-hydrogen) atoms. The Morgan fingerprint density at radius 2 is 1.64 bits per heavy atom. The molecule has 1 aliphatic heterocycles. The van der Waals surface area contributed by atoms with Crippen molar-refractivity contribution in [3.05, 3.63) is 98.5 Å². The first-order chi connectivity index (χ1) is 16.9. The number of carbonyl (C=O) groups excluding carboxylic acids is 2. The van der Waals surface area contributed by atoms with Crippen LogP contribution in [-0.4, -0.2) is 23.9 Å². The first-order valence-electron chi connectivity index (χ1n) is 10.5. The van der Waals surface area contributed by atoms with Crippen molar-refractivity contribution in [2.24, 2.45) is 0 Å². The van der Waals surface area contributed by atoms with Crippen molar-refractivity contribution in [2.45, 2.75) is 19.1 Å². The average molecular weight is 536 g/mol. The number of ketones is 1. The summed E-state index contributed by atoms with van der Waals surface area (Å²) < 4.78 is 45.3. The van der Waals surface area contributed by atoms with E-state index in [-0.39, 0.29) is 32.6 Å². The van der Waals surface area contributed by atoms with Gasteiger partial charge in [0.2, 0.25) is 0 Å². The lowest BCUT2D eigenvalue weighted by atomic mass is 9.94. The summed E-state index contributed by atoms with van der Waals surface area (Å²) in [4.78, 5) is 27.4. The van der Waals surface area contributed by atoms with Crippen molar-refractivity contribution in [2.75, 3.05) is 12.0 Å². The van der Waals surface area contributed by atoms with Crippen LogP contribution in [0.4, 0.5) is 18.9 Å². The van der Waals surface area contributed by atoms with Crippen LogP contribution in [0.5, 0.6) is 5.75 Å². The van der Waals surface area contributed by atoms with Gasteiger partial charge in [0, 0.05) is 11.3 Å². The topological polar surface area (TPSA) is 66.8 Å². The fourth-order valence-corrected chi connectivity index (χ4v) is 4.77. The predicted molar refractivity (Wildman–Crippen MR) is 130 cm³/mol. The number of anilines is 1. The van der Waals surface area contributed by atoms with Gasteiger partial charge < -0.3 is 9.84 Å². The number of carbonyl (C=O) groups is 2. The van der Waals surface area contributed by atoms with Gasteiger partial charge in [-0.1, -0.05) is 59.1 Å². The first kappa shape index (κ1) is 25.6. The number of Topliss-reactive ketones (excluding diaryl/α,β-unsaturated/α-hetero) is 1. The Bertz CT molecular complexity index is 1400. The molecule has 1 heterocycles. The second kappa shape index (κ2) is 9.52. The molecule has 1 amide bonds. The largest absolute Gasteiger partial charge is 0.507 e. The molecule has 1 N–H and O–H groups in total. The van der Waals surface area contributed by atoms with Gasteiger partial charge in [-0.3, -0.25) is 14.5 Å². The van der Waals surface area contributed by atoms with Gasteiger partial charge in [0.1, 0.15) is 5.76 Å². The number of methoxy groups -OCH3 is 1. The number of hydrogen-bond donors (Lipinski definition) is 1. The van der Waals surface area contributed by atoms with Crippen LogP contribution in [0, 0.1) is 6.92 Å².